The van der Waals surface area contributed by atoms with Gasteiger partial charge in [0.25, 0.3) is 0 Å². The number of aromatic nitrogens is 1. The molecule has 2 heterocycles. The normalized spacial score (nSPS) is 14.4. The molecule has 192 valence electrons. The van der Waals surface area contributed by atoms with Crippen LogP contribution in [0.1, 0.15) is 25.3 Å². The third kappa shape index (κ3) is 3.68. The molecule has 0 amide bonds. The molecule has 0 aliphatic heterocycles. The highest BCUT2D eigenvalue weighted by molar-refractivity contribution is 7.26. The maximum atomic E-state index is 5.11. The highest BCUT2D eigenvalue weighted by Gasteiger charge is 2.17. The Balaban J connectivity index is 1.33. The van der Waals surface area contributed by atoms with Crippen LogP contribution in [0.4, 0.5) is 0 Å². The van der Waals surface area contributed by atoms with Gasteiger partial charge in [0.15, 0.2) is 0 Å². The minimum absolute atomic E-state index is 0.910. The first-order chi connectivity index (χ1) is 19.7. The fraction of sp³-hybridized carbons (Fsp3) is 0.0833. The van der Waals surface area contributed by atoms with Crippen molar-refractivity contribution in [1.82, 2.24) is 4.68 Å². The predicted molar refractivity (Wildman–Crippen MR) is 173 cm³/mol. The molecule has 0 fully saturated rings. The number of nitrogens with zero attached hydrogens (tertiary/aromatic N) is 2. The Labute approximate surface area is 236 Å². The van der Waals surface area contributed by atoms with Crippen molar-refractivity contribution in [3.8, 4) is 0 Å². The maximum absolute atomic E-state index is 5.11. The zero-order chi connectivity index (χ0) is 26.6. The SMILES string of the molecule is C/C(=N\C1=C(Nn2c3ccccc3c3cc4c(cc32)sc2c3ccccc3ccc42)C=CCC1)c1ccccc1. The topological polar surface area (TPSA) is 29.3 Å². The summed E-state index contributed by atoms with van der Waals surface area (Å²) in [6.45, 7) is 2.10. The van der Waals surface area contributed by atoms with Crippen molar-refractivity contribution in [3.63, 3.8) is 0 Å². The second-order valence-corrected chi connectivity index (χ2v) is 11.5. The lowest BCUT2D eigenvalue weighted by Crippen LogP contribution is -2.16. The fourth-order valence-electron chi connectivity index (χ4n) is 6.02. The number of hydrogen-bond donors (Lipinski definition) is 1. The maximum Gasteiger partial charge on any atom is 0.0758 e. The summed E-state index contributed by atoms with van der Waals surface area (Å²) in [6, 6.07) is 37.1. The number of nitrogens with one attached hydrogen (secondary N) is 1. The molecule has 0 radical (unpaired) electrons. The molecule has 4 heteroatoms. The standard InChI is InChI=1S/C36H27N3S/c1-23(24-11-3-2-4-12-24)37-31-16-8-9-17-32(31)38-39-33-18-10-7-15-27(33)29-21-30-28-20-19-25-13-5-6-14-26(25)36(28)40-35(30)22-34(29)39/h2-7,9-15,17-22,38H,8,16H2,1H3/b37-23+. The highest BCUT2D eigenvalue weighted by atomic mass is 32.1. The summed E-state index contributed by atoms with van der Waals surface area (Å²) in [6.07, 6.45) is 6.33. The van der Waals surface area contributed by atoms with E-state index in [1.165, 1.54) is 52.8 Å². The molecule has 0 unspecified atom stereocenters. The Morgan fingerprint density at radius 3 is 2.45 bits per heavy atom. The fourth-order valence-corrected chi connectivity index (χ4v) is 7.28. The first-order valence-electron chi connectivity index (χ1n) is 13.8. The molecule has 0 saturated carbocycles. The molecule has 7 aromatic rings. The highest BCUT2D eigenvalue weighted by Crippen LogP contribution is 2.42. The largest absolute Gasteiger partial charge is 0.292 e. The molecule has 1 N–H and O–H groups in total. The van der Waals surface area contributed by atoms with Crippen LogP contribution in [0.15, 0.2) is 132 Å². The number of fused-ring (bicyclic) bond motifs is 8. The van der Waals surface area contributed by atoms with Gasteiger partial charge in [0.1, 0.15) is 0 Å². The van der Waals surface area contributed by atoms with Gasteiger partial charge in [-0.25, -0.2) is 0 Å². The number of para-hydroxylation sites is 1. The van der Waals surface area contributed by atoms with Gasteiger partial charge in [-0.1, -0.05) is 91.0 Å². The number of rotatable bonds is 4. The molecule has 1 aliphatic carbocycles. The monoisotopic (exact) mass is 533 g/mol. The van der Waals surface area contributed by atoms with E-state index in [9.17, 15) is 0 Å². The van der Waals surface area contributed by atoms with Gasteiger partial charge >= 0.3 is 0 Å². The van der Waals surface area contributed by atoms with Crippen molar-refractivity contribution in [1.29, 1.82) is 0 Å². The molecule has 0 saturated heterocycles. The predicted octanol–water partition coefficient (Wildman–Crippen LogP) is 9.93. The van der Waals surface area contributed by atoms with Crippen molar-refractivity contribution in [2.45, 2.75) is 19.8 Å². The Hall–Kier alpha value is -4.67. The average Bonchev–Trinajstić information content (AvgIpc) is 3.52. The summed E-state index contributed by atoms with van der Waals surface area (Å²) in [5.74, 6) is 0. The van der Waals surface area contributed by atoms with Crippen LogP contribution in [0.25, 0.3) is 52.8 Å². The van der Waals surface area contributed by atoms with Gasteiger partial charge in [-0.05, 0) is 60.4 Å². The van der Waals surface area contributed by atoms with Crippen molar-refractivity contribution in [2.75, 3.05) is 5.43 Å². The number of benzene rings is 5. The first-order valence-corrected chi connectivity index (χ1v) is 14.6. The summed E-state index contributed by atoms with van der Waals surface area (Å²) in [7, 11) is 0. The molecule has 0 spiro atoms. The summed E-state index contributed by atoms with van der Waals surface area (Å²) in [5.41, 5.74) is 10.5. The van der Waals surface area contributed by atoms with Gasteiger partial charge in [-0.15, -0.1) is 11.3 Å². The van der Waals surface area contributed by atoms with Crippen molar-refractivity contribution < 1.29 is 0 Å². The molecule has 40 heavy (non-hydrogen) atoms. The van der Waals surface area contributed by atoms with Gasteiger partial charge in [-0.3, -0.25) is 15.1 Å². The van der Waals surface area contributed by atoms with Crippen molar-refractivity contribution >= 4 is 69.8 Å². The first kappa shape index (κ1) is 23.2. The lowest BCUT2D eigenvalue weighted by Gasteiger charge is -2.18. The molecular formula is C36H27N3S. The van der Waals surface area contributed by atoms with E-state index < -0.39 is 0 Å². The zero-order valence-corrected chi connectivity index (χ0v) is 23.0. The van der Waals surface area contributed by atoms with Crippen LogP contribution in [0, 0.1) is 0 Å². The smallest absolute Gasteiger partial charge is 0.0758 e. The van der Waals surface area contributed by atoms with Crippen LogP contribution >= 0.6 is 11.3 Å². The molecule has 0 atom stereocenters. The Morgan fingerprint density at radius 1 is 0.750 bits per heavy atom. The van der Waals surface area contributed by atoms with E-state index in [4.69, 9.17) is 4.99 Å². The zero-order valence-electron chi connectivity index (χ0n) is 22.2. The third-order valence-corrected chi connectivity index (χ3v) is 9.23. The van der Waals surface area contributed by atoms with E-state index in [0.29, 0.717) is 0 Å². The number of hydrogen-bond acceptors (Lipinski definition) is 3. The second-order valence-electron chi connectivity index (χ2n) is 10.5. The Kier molecular flexibility index (Phi) is 5.35. The van der Waals surface area contributed by atoms with Crippen LogP contribution in [0.3, 0.4) is 0 Å². The molecule has 5 aromatic carbocycles. The molecule has 2 aromatic heterocycles. The number of thiophene rings is 1. The number of aliphatic imine (C=N–C) groups is 1. The minimum atomic E-state index is 0.910. The second kappa shape index (κ2) is 9.22. The quantitative estimate of drug-likeness (QED) is 0.224. The van der Waals surface area contributed by atoms with E-state index in [0.717, 1.165) is 35.5 Å². The molecular weight excluding hydrogens is 506 g/mol. The summed E-state index contributed by atoms with van der Waals surface area (Å²) in [5, 5.41) is 7.77. The molecule has 1 aliphatic rings. The van der Waals surface area contributed by atoms with Gasteiger partial charge in [0.05, 0.1) is 22.4 Å². The van der Waals surface area contributed by atoms with Gasteiger partial charge in [-0.2, -0.15) is 0 Å². The summed E-state index contributed by atoms with van der Waals surface area (Å²) < 4.78 is 4.91. The average molecular weight is 534 g/mol. The van der Waals surface area contributed by atoms with Crippen molar-refractivity contribution in [3.05, 3.63) is 132 Å². The van der Waals surface area contributed by atoms with E-state index >= 15 is 0 Å². The van der Waals surface area contributed by atoms with E-state index in [1.807, 2.05) is 17.4 Å². The Bertz CT molecular complexity index is 2190. The Morgan fingerprint density at radius 2 is 1.55 bits per heavy atom. The van der Waals surface area contributed by atoms with Crippen LogP contribution < -0.4 is 5.43 Å². The van der Waals surface area contributed by atoms with E-state index in [-0.39, 0.29) is 0 Å². The molecule has 3 nitrogen and oxygen atoms in total. The van der Waals surface area contributed by atoms with Crippen LogP contribution in [-0.2, 0) is 0 Å². The summed E-state index contributed by atoms with van der Waals surface area (Å²) >= 11 is 1.89. The van der Waals surface area contributed by atoms with Gasteiger partial charge in [0.2, 0.25) is 0 Å². The van der Waals surface area contributed by atoms with E-state index in [2.05, 4.69) is 126 Å². The van der Waals surface area contributed by atoms with Crippen LogP contribution in [0.2, 0.25) is 0 Å². The lowest BCUT2D eigenvalue weighted by atomic mass is 10.0. The van der Waals surface area contributed by atoms with Crippen LogP contribution in [0.5, 0.6) is 0 Å². The molecule has 8 rings (SSSR count). The minimum Gasteiger partial charge on any atom is -0.292 e. The summed E-state index contributed by atoms with van der Waals surface area (Å²) in [4.78, 5) is 5.11. The van der Waals surface area contributed by atoms with Gasteiger partial charge < -0.3 is 0 Å². The number of allylic oxidation sites excluding steroid dienone is 3. The molecule has 0 bridgehead atoms. The van der Waals surface area contributed by atoms with E-state index in [1.54, 1.807) is 0 Å². The van der Waals surface area contributed by atoms with Crippen molar-refractivity contribution in [2.24, 2.45) is 4.99 Å². The third-order valence-electron chi connectivity index (χ3n) is 8.03. The lowest BCUT2D eigenvalue weighted by molar-refractivity contribution is 0.893. The van der Waals surface area contributed by atoms with Crippen LogP contribution in [-0.4, -0.2) is 10.4 Å². The van der Waals surface area contributed by atoms with Gasteiger partial charge in [0, 0.05) is 36.7 Å².